The summed E-state index contributed by atoms with van der Waals surface area (Å²) in [4.78, 5) is 28.2. The van der Waals surface area contributed by atoms with E-state index in [0.29, 0.717) is 23.1 Å². The number of fused-ring (bicyclic) bond motifs is 1. The monoisotopic (exact) mass is 477 g/mol. The predicted octanol–water partition coefficient (Wildman–Crippen LogP) is 5.21. The molecule has 0 atom stereocenters. The molecule has 0 unspecified atom stereocenters. The van der Waals surface area contributed by atoms with Crippen LogP contribution in [0.2, 0.25) is 5.02 Å². The van der Waals surface area contributed by atoms with Crippen molar-refractivity contribution >= 4 is 45.1 Å². The molecule has 7 nitrogen and oxygen atoms in total. The van der Waals surface area contributed by atoms with Crippen LogP contribution in [-0.4, -0.2) is 50.5 Å². The van der Waals surface area contributed by atoms with Crippen LogP contribution in [0.5, 0.6) is 0 Å². The highest BCUT2D eigenvalue weighted by Crippen LogP contribution is 2.60. The predicted molar refractivity (Wildman–Crippen MR) is 133 cm³/mol. The average molecular weight is 478 g/mol. The summed E-state index contributed by atoms with van der Waals surface area (Å²) in [7, 11) is -1.07. The summed E-state index contributed by atoms with van der Waals surface area (Å²) in [5.74, 6) is 0.574. The molecule has 174 valence electrons. The first-order valence-corrected chi connectivity index (χ1v) is 14.0. The first kappa shape index (κ1) is 23.0. The van der Waals surface area contributed by atoms with Crippen LogP contribution in [0.15, 0.2) is 18.2 Å². The normalized spacial score (nSPS) is 19.2. The number of hydrogen-bond donors (Lipinski definition) is 3. The van der Waals surface area contributed by atoms with Gasteiger partial charge in [-0.05, 0) is 76.5 Å². The summed E-state index contributed by atoms with van der Waals surface area (Å²) in [6.07, 6.45) is 9.52. The van der Waals surface area contributed by atoms with Crippen LogP contribution in [-0.2, 0) is 16.9 Å². The number of aromatic nitrogens is 2. The Balaban J connectivity index is 1.55. The molecule has 1 saturated carbocycles. The second kappa shape index (κ2) is 7.70. The molecule has 2 aromatic rings. The maximum Gasteiger partial charge on any atom is 0.322 e. The standard InChI is InChI=1S/C23H32ClN5O2S/c1-14-8-9-16(24)17(12-14)25-21(31)29-13-15-18(22(29,2)3)27-28-19(15)26-20(30)23(10-7-11-23)32(4,5)6/h8-9,12H,7,10-11,13H2,1-6H3,(H,25,31)(H2,26,27,28,30). The minimum atomic E-state index is -1.07. The lowest BCUT2D eigenvalue weighted by Crippen LogP contribution is -2.51. The molecule has 3 amide bonds. The molecule has 0 saturated heterocycles. The van der Waals surface area contributed by atoms with E-state index in [9.17, 15) is 9.59 Å². The molecule has 4 rings (SSSR count). The van der Waals surface area contributed by atoms with Crippen LogP contribution in [0, 0.1) is 6.92 Å². The minimum absolute atomic E-state index is 0.0489. The van der Waals surface area contributed by atoms with Crippen LogP contribution in [0.4, 0.5) is 16.3 Å². The zero-order valence-corrected chi connectivity index (χ0v) is 21.1. The molecule has 1 fully saturated rings. The van der Waals surface area contributed by atoms with Crippen molar-refractivity contribution in [1.82, 2.24) is 15.1 Å². The molecule has 0 spiro atoms. The highest BCUT2D eigenvalue weighted by molar-refractivity contribution is 8.33. The number of rotatable bonds is 4. The van der Waals surface area contributed by atoms with E-state index in [1.807, 2.05) is 32.9 Å². The Bertz CT molecular complexity index is 1080. The van der Waals surface area contributed by atoms with Gasteiger partial charge in [-0.3, -0.25) is 9.89 Å². The smallest absolute Gasteiger partial charge is 0.309 e. The van der Waals surface area contributed by atoms with Crippen LogP contribution < -0.4 is 10.6 Å². The fourth-order valence-electron chi connectivity index (χ4n) is 4.70. The maximum absolute atomic E-state index is 13.3. The second-order valence-electron chi connectivity index (χ2n) is 10.1. The lowest BCUT2D eigenvalue weighted by molar-refractivity contribution is -0.120. The molecule has 2 heterocycles. The van der Waals surface area contributed by atoms with Crippen LogP contribution in [0.25, 0.3) is 0 Å². The van der Waals surface area contributed by atoms with Crippen molar-refractivity contribution in [3.63, 3.8) is 0 Å². The molecule has 32 heavy (non-hydrogen) atoms. The van der Waals surface area contributed by atoms with Crippen molar-refractivity contribution in [1.29, 1.82) is 0 Å². The van der Waals surface area contributed by atoms with Gasteiger partial charge in [-0.1, -0.05) is 17.7 Å². The Kier molecular flexibility index (Phi) is 5.53. The number of nitrogens with zero attached hydrogens (tertiary/aromatic N) is 2. The molecular formula is C23H32ClN5O2S. The number of nitrogens with one attached hydrogen (secondary N) is 3. The molecule has 1 aliphatic heterocycles. The number of H-pyrrole nitrogens is 1. The topological polar surface area (TPSA) is 90.1 Å². The summed E-state index contributed by atoms with van der Waals surface area (Å²) in [6.45, 7) is 6.23. The summed E-state index contributed by atoms with van der Waals surface area (Å²) < 4.78 is -0.300. The highest BCUT2D eigenvalue weighted by Gasteiger charge is 2.51. The molecule has 1 aliphatic carbocycles. The van der Waals surface area contributed by atoms with E-state index in [1.165, 1.54) is 0 Å². The number of urea groups is 1. The Morgan fingerprint density at radius 3 is 2.47 bits per heavy atom. The van der Waals surface area contributed by atoms with E-state index in [2.05, 4.69) is 39.6 Å². The SMILES string of the molecule is Cc1ccc(Cl)c(NC(=O)N2Cc3c(NC(=O)C4(S(C)(C)C)CCC4)n[nH]c3C2(C)C)c1. The van der Waals surface area contributed by atoms with Gasteiger partial charge in [-0.25, -0.2) is 14.8 Å². The number of carbonyl (C=O) groups is 2. The number of halogens is 1. The zero-order valence-electron chi connectivity index (χ0n) is 19.6. The Morgan fingerprint density at radius 2 is 1.88 bits per heavy atom. The molecule has 0 radical (unpaired) electrons. The number of benzene rings is 1. The molecule has 3 N–H and O–H groups in total. The van der Waals surface area contributed by atoms with E-state index in [1.54, 1.807) is 11.0 Å². The summed E-state index contributed by atoms with van der Waals surface area (Å²) >= 11 is 6.27. The van der Waals surface area contributed by atoms with Crippen molar-refractivity contribution < 1.29 is 9.59 Å². The third kappa shape index (κ3) is 3.57. The van der Waals surface area contributed by atoms with Crippen LogP contribution >= 0.6 is 21.6 Å². The largest absolute Gasteiger partial charge is 0.322 e. The van der Waals surface area contributed by atoms with E-state index in [0.717, 1.165) is 36.1 Å². The van der Waals surface area contributed by atoms with E-state index in [4.69, 9.17) is 11.6 Å². The number of aryl methyl sites for hydroxylation is 1. The summed E-state index contributed by atoms with van der Waals surface area (Å²) in [5.41, 5.74) is 2.66. The number of carbonyl (C=O) groups excluding carboxylic acids is 2. The van der Waals surface area contributed by atoms with Crippen molar-refractivity contribution in [3.8, 4) is 0 Å². The quantitative estimate of drug-likeness (QED) is 0.564. The fraction of sp³-hybridized carbons (Fsp3) is 0.522. The van der Waals surface area contributed by atoms with Gasteiger partial charge in [-0.15, -0.1) is 0 Å². The Morgan fingerprint density at radius 1 is 1.19 bits per heavy atom. The molecular weight excluding hydrogens is 446 g/mol. The zero-order chi connectivity index (χ0) is 23.5. The lowest BCUT2D eigenvalue weighted by Gasteiger charge is -2.53. The van der Waals surface area contributed by atoms with Crippen LogP contribution in [0.3, 0.4) is 0 Å². The molecule has 0 bridgehead atoms. The molecule has 2 aliphatic rings. The van der Waals surface area contributed by atoms with Gasteiger partial charge >= 0.3 is 6.03 Å². The Hall–Kier alpha value is -2.19. The fourth-order valence-corrected chi connectivity index (χ4v) is 6.98. The Labute approximate surface area is 196 Å². The molecule has 9 heteroatoms. The summed E-state index contributed by atoms with van der Waals surface area (Å²) in [6, 6.07) is 5.27. The van der Waals surface area contributed by atoms with Gasteiger partial charge in [-0.2, -0.15) is 5.10 Å². The maximum atomic E-state index is 13.3. The van der Waals surface area contributed by atoms with Crippen molar-refractivity contribution in [3.05, 3.63) is 40.0 Å². The second-order valence-corrected chi connectivity index (χ2v) is 15.0. The van der Waals surface area contributed by atoms with Crippen LogP contribution in [0.1, 0.15) is 49.9 Å². The lowest BCUT2D eigenvalue weighted by atomic mass is 9.83. The van der Waals surface area contributed by atoms with E-state index < -0.39 is 15.6 Å². The average Bonchev–Trinajstić information content (AvgIpc) is 3.14. The highest BCUT2D eigenvalue weighted by atomic mass is 35.5. The first-order valence-electron chi connectivity index (χ1n) is 10.8. The third-order valence-corrected chi connectivity index (χ3v) is 10.3. The molecule has 1 aromatic heterocycles. The minimum Gasteiger partial charge on any atom is -0.309 e. The third-order valence-electron chi connectivity index (χ3n) is 7.06. The summed E-state index contributed by atoms with van der Waals surface area (Å²) in [5, 5.41) is 14.0. The number of aromatic amines is 1. The van der Waals surface area contributed by atoms with Gasteiger partial charge in [0.2, 0.25) is 5.91 Å². The van der Waals surface area contributed by atoms with Gasteiger partial charge in [0.25, 0.3) is 0 Å². The first-order chi connectivity index (χ1) is 14.9. The van der Waals surface area contributed by atoms with Gasteiger partial charge in [0.05, 0.1) is 33.2 Å². The number of hydrogen-bond acceptors (Lipinski definition) is 3. The van der Waals surface area contributed by atoms with Crippen molar-refractivity contribution in [2.24, 2.45) is 0 Å². The van der Waals surface area contributed by atoms with Gasteiger partial charge in [0, 0.05) is 5.56 Å². The van der Waals surface area contributed by atoms with E-state index >= 15 is 0 Å². The van der Waals surface area contributed by atoms with Crippen molar-refractivity contribution in [2.75, 3.05) is 29.4 Å². The van der Waals surface area contributed by atoms with Crippen molar-refractivity contribution in [2.45, 2.75) is 56.9 Å². The van der Waals surface area contributed by atoms with Gasteiger partial charge in [0.15, 0.2) is 5.82 Å². The van der Waals surface area contributed by atoms with E-state index in [-0.39, 0.29) is 16.7 Å². The molecule has 1 aromatic carbocycles. The van der Waals surface area contributed by atoms with Gasteiger partial charge < -0.3 is 15.5 Å². The number of amides is 3. The number of anilines is 2. The van der Waals surface area contributed by atoms with Gasteiger partial charge in [0.1, 0.15) is 0 Å².